The number of Topliss-reactive ketones (excluding diaryl/α,β-unsaturated/α-hetero) is 1. The molecule has 0 fully saturated rings. The minimum atomic E-state index is -0.126. The molecule has 0 saturated carbocycles. The van der Waals surface area contributed by atoms with Gasteiger partial charge in [0.25, 0.3) is 0 Å². The van der Waals surface area contributed by atoms with Gasteiger partial charge < -0.3 is 10.2 Å². The Hall–Kier alpha value is -2.17. The highest BCUT2D eigenvalue weighted by molar-refractivity contribution is 5.97. The van der Waals surface area contributed by atoms with Crippen molar-refractivity contribution < 1.29 is 14.4 Å². The number of ketones is 1. The summed E-state index contributed by atoms with van der Waals surface area (Å²) >= 11 is 0. The van der Waals surface area contributed by atoms with E-state index >= 15 is 0 Å². The molecule has 0 saturated heterocycles. The van der Waals surface area contributed by atoms with E-state index in [4.69, 9.17) is 0 Å². The summed E-state index contributed by atoms with van der Waals surface area (Å²) in [4.78, 5) is 36.4. The van der Waals surface area contributed by atoms with Crippen LogP contribution < -0.4 is 10.2 Å². The lowest BCUT2D eigenvalue weighted by Gasteiger charge is -2.22. The van der Waals surface area contributed by atoms with Gasteiger partial charge in [-0.2, -0.15) is 0 Å². The third kappa shape index (κ3) is 5.68. The molecule has 0 aliphatic rings. The number of rotatable bonds is 7. The maximum absolute atomic E-state index is 11.8. The van der Waals surface area contributed by atoms with Gasteiger partial charge in [0.2, 0.25) is 11.8 Å². The van der Waals surface area contributed by atoms with Crippen molar-refractivity contribution in [3.05, 3.63) is 29.8 Å². The van der Waals surface area contributed by atoms with Crippen LogP contribution in [0.3, 0.4) is 0 Å². The van der Waals surface area contributed by atoms with Crippen molar-refractivity contribution in [2.75, 3.05) is 18.0 Å². The van der Waals surface area contributed by atoms with E-state index in [0.29, 0.717) is 36.7 Å². The van der Waals surface area contributed by atoms with E-state index in [1.165, 1.54) is 13.8 Å². The van der Waals surface area contributed by atoms with Crippen molar-refractivity contribution in [1.82, 2.24) is 5.32 Å². The smallest absolute Gasteiger partial charge is 0.223 e. The average Bonchev–Trinajstić information content (AvgIpc) is 2.42. The first-order chi connectivity index (χ1) is 10.3. The summed E-state index contributed by atoms with van der Waals surface area (Å²) in [5.74, 6) is 0.113. The summed E-state index contributed by atoms with van der Waals surface area (Å²) in [6.45, 7) is 7.68. The van der Waals surface area contributed by atoms with Crippen LogP contribution in [0.25, 0.3) is 0 Å². The van der Waals surface area contributed by atoms with Gasteiger partial charge in [-0.25, -0.2) is 0 Å². The number of benzene rings is 1. The van der Waals surface area contributed by atoms with Gasteiger partial charge in [0.1, 0.15) is 0 Å². The van der Waals surface area contributed by atoms with Crippen LogP contribution >= 0.6 is 0 Å². The molecule has 1 rings (SSSR count). The first-order valence-corrected chi connectivity index (χ1v) is 7.47. The van der Waals surface area contributed by atoms with Gasteiger partial charge >= 0.3 is 0 Å². The zero-order valence-corrected chi connectivity index (χ0v) is 13.7. The highest BCUT2D eigenvalue weighted by atomic mass is 16.2. The van der Waals surface area contributed by atoms with Crippen molar-refractivity contribution in [3.8, 4) is 0 Å². The number of carbonyl (C=O) groups excluding carboxylic acids is 3. The summed E-state index contributed by atoms with van der Waals surface area (Å²) in [5, 5.41) is 2.81. The largest absolute Gasteiger partial charge is 0.354 e. The molecule has 1 aromatic rings. The van der Waals surface area contributed by atoms with Crippen molar-refractivity contribution in [1.29, 1.82) is 0 Å². The SMILES string of the molecule is CC(=O)c1cccc(N(CCNC(=O)CC(C)C)C(C)=O)c1. The molecule has 2 amide bonds. The third-order valence-corrected chi connectivity index (χ3v) is 3.20. The molecule has 0 bridgehead atoms. The number of amides is 2. The van der Waals surface area contributed by atoms with E-state index in [2.05, 4.69) is 5.32 Å². The second-order valence-corrected chi connectivity index (χ2v) is 5.73. The third-order valence-electron chi connectivity index (χ3n) is 3.20. The van der Waals surface area contributed by atoms with E-state index in [-0.39, 0.29) is 17.6 Å². The Morgan fingerprint density at radius 1 is 1.18 bits per heavy atom. The number of hydrogen-bond donors (Lipinski definition) is 1. The minimum Gasteiger partial charge on any atom is -0.354 e. The Bertz CT molecular complexity index is 553. The number of nitrogens with zero attached hydrogens (tertiary/aromatic N) is 1. The van der Waals surface area contributed by atoms with E-state index in [1.54, 1.807) is 29.2 Å². The molecule has 1 aromatic carbocycles. The highest BCUT2D eigenvalue weighted by Crippen LogP contribution is 2.16. The number of carbonyl (C=O) groups is 3. The first kappa shape index (κ1) is 17.9. The van der Waals surface area contributed by atoms with Crippen LogP contribution in [-0.2, 0) is 9.59 Å². The van der Waals surface area contributed by atoms with Crippen LogP contribution in [0.5, 0.6) is 0 Å². The lowest BCUT2D eigenvalue weighted by atomic mass is 10.1. The van der Waals surface area contributed by atoms with Gasteiger partial charge in [-0.1, -0.05) is 26.0 Å². The molecule has 5 nitrogen and oxygen atoms in total. The minimum absolute atomic E-state index is 0.0176. The summed E-state index contributed by atoms with van der Waals surface area (Å²) in [6, 6.07) is 6.94. The Morgan fingerprint density at radius 2 is 1.86 bits per heavy atom. The molecule has 22 heavy (non-hydrogen) atoms. The first-order valence-electron chi connectivity index (χ1n) is 7.47. The van der Waals surface area contributed by atoms with Crippen molar-refractivity contribution in [3.63, 3.8) is 0 Å². The second-order valence-electron chi connectivity index (χ2n) is 5.73. The molecule has 0 aliphatic carbocycles. The predicted octanol–water partition coefficient (Wildman–Crippen LogP) is 2.40. The molecule has 120 valence electrons. The predicted molar refractivity (Wildman–Crippen MR) is 86.9 cm³/mol. The normalized spacial score (nSPS) is 10.4. The Morgan fingerprint density at radius 3 is 2.41 bits per heavy atom. The zero-order chi connectivity index (χ0) is 16.7. The van der Waals surface area contributed by atoms with Gasteiger partial charge in [-0.3, -0.25) is 14.4 Å². The Labute approximate surface area is 131 Å². The maximum Gasteiger partial charge on any atom is 0.223 e. The van der Waals surface area contributed by atoms with Gasteiger partial charge in [0.05, 0.1) is 0 Å². The monoisotopic (exact) mass is 304 g/mol. The molecule has 0 spiro atoms. The van der Waals surface area contributed by atoms with E-state index in [9.17, 15) is 14.4 Å². The molecule has 0 radical (unpaired) electrons. The number of hydrogen-bond acceptors (Lipinski definition) is 3. The second kappa shape index (κ2) is 8.32. The van der Waals surface area contributed by atoms with E-state index in [1.807, 2.05) is 13.8 Å². The van der Waals surface area contributed by atoms with Gasteiger partial charge in [0, 0.05) is 37.7 Å². The van der Waals surface area contributed by atoms with Gasteiger partial charge in [-0.05, 0) is 25.0 Å². The van der Waals surface area contributed by atoms with Crippen molar-refractivity contribution in [2.24, 2.45) is 5.92 Å². The molecular weight excluding hydrogens is 280 g/mol. The molecule has 0 heterocycles. The molecule has 0 aliphatic heterocycles. The molecule has 0 unspecified atom stereocenters. The van der Waals surface area contributed by atoms with Crippen LogP contribution in [0.4, 0.5) is 5.69 Å². The van der Waals surface area contributed by atoms with Crippen molar-refractivity contribution in [2.45, 2.75) is 34.1 Å². The van der Waals surface area contributed by atoms with Gasteiger partial charge in [-0.15, -0.1) is 0 Å². The Balaban J connectivity index is 2.70. The summed E-state index contributed by atoms with van der Waals surface area (Å²) in [6.07, 6.45) is 0.472. The highest BCUT2D eigenvalue weighted by Gasteiger charge is 2.13. The number of nitrogens with one attached hydrogen (secondary N) is 1. The fraction of sp³-hybridized carbons (Fsp3) is 0.471. The van der Waals surface area contributed by atoms with Crippen LogP contribution in [0.2, 0.25) is 0 Å². The lowest BCUT2D eigenvalue weighted by Crippen LogP contribution is -2.37. The van der Waals surface area contributed by atoms with Crippen LogP contribution in [-0.4, -0.2) is 30.7 Å². The molecule has 5 heteroatoms. The standard InChI is InChI=1S/C17H24N2O3/c1-12(2)10-17(22)18-8-9-19(14(4)21)16-7-5-6-15(11-16)13(3)20/h5-7,11-12H,8-10H2,1-4H3,(H,18,22). The zero-order valence-electron chi connectivity index (χ0n) is 13.7. The fourth-order valence-corrected chi connectivity index (χ4v) is 2.11. The topological polar surface area (TPSA) is 66.5 Å². The maximum atomic E-state index is 11.8. The quantitative estimate of drug-likeness (QED) is 0.787. The molecule has 0 atom stereocenters. The summed E-state index contributed by atoms with van der Waals surface area (Å²) in [7, 11) is 0. The summed E-state index contributed by atoms with van der Waals surface area (Å²) in [5.41, 5.74) is 1.23. The molecule has 0 aromatic heterocycles. The molecule has 1 N–H and O–H groups in total. The summed E-state index contributed by atoms with van der Waals surface area (Å²) < 4.78 is 0. The van der Waals surface area contributed by atoms with Crippen LogP contribution in [0.1, 0.15) is 44.5 Å². The van der Waals surface area contributed by atoms with E-state index in [0.717, 1.165) is 0 Å². The van der Waals surface area contributed by atoms with Gasteiger partial charge in [0.15, 0.2) is 5.78 Å². The van der Waals surface area contributed by atoms with Crippen LogP contribution in [0.15, 0.2) is 24.3 Å². The lowest BCUT2D eigenvalue weighted by molar-refractivity contribution is -0.122. The van der Waals surface area contributed by atoms with Crippen LogP contribution in [0, 0.1) is 5.92 Å². The van der Waals surface area contributed by atoms with E-state index < -0.39 is 0 Å². The molecular formula is C17H24N2O3. The fourth-order valence-electron chi connectivity index (χ4n) is 2.11. The number of anilines is 1. The Kier molecular flexibility index (Phi) is 6.76. The average molecular weight is 304 g/mol. The van der Waals surface area contributed by atoms with Crippen molar-refractivity contribution >= 4 is 23.3 Å².